The number of rotatable bonds is 4. The summed E-state index contributed by atoms with van der Waals surface area (Å²) in [5.74, 6) is -0.656. The van der Waals surface area contributed by atoms with Gasteiger partial charge in [0.25, 0.3) is 0 Å². The average Bonchev–Trinajstić information content (AvgIpc) is 2.04. The van der Waals surface area contributed by atoms with E-state index in [-0.39, 0.29) is 11.3 Å². The SMILES string of the molecule is C=C(C)C(=O)OC=CS(=O)(=O)CC. The van der Waals surface area contributed by atoms with Gasteiger partial charge in [-0.3, -0.25) is 0 Å². The normalized spacial score (nSPS) is 11.5. The molecule has 4 nitrogen and oxygen atoms in total. The highest BCUT2D eigenvalue weighted by Crippen LogP contribution is 1.96. The summed E-state index contributed by atoms with van der Waals surface area (Å²) in [5.41, 5.74) is 0.221. The third kappa shape index (κ3) is 5.19. The standard InChI is InChI=1S/C8H12O4S/c1-4-13(10,11)6-5-12-8(9)7(2)3/h5-6H,2,4H2,1,3H3. The van der Waals surface area contributed by atoms with Gasteiger partial charge in [0.1, 0.15) is 6.26 Å². The lowest BCUT2D eigenvalue weighted by molar-refractivity contribution is -0.133. The molecule has 0 atom stereocenters. The van der Waals surface area contributed by atoms with Crippen LogP contribution in [0.1, 0.15) is 13.8 Å². The molecule has 13 heavy (non-hydrogen) atoms. The van der Waals surface area contributed by atoms with E-state index in [1.54, 1.807) is 0 Å². The van der Waals surface area contributed by atoms with Crippen molar-refractivity contribution in [2.75, 3.05) is 5.75 Å². The second kappa shape index (κ2) is 4.81. The van der Waals surface area contributed by atoms with Gasteiger partial charge in [0.15, 0.2) is 9.84 Å². The second-order valence-corrected chi connectivity index (χ2v) is 4.58. The largest absolute Gasteiger partial charge is 0.430 e. The summed E-state index contributed by atoms with van der Waals surface area (Å²) in [5, 5.41) is 0.855. The zero-order chi connectivity index (χ0) is 10.5. The highest BCUT2D eigenvalue weighted by molar-refractivity contribution is 7.94. The maximum Gasteiger partial charge on any atom is 0.337 e. The van der Waals surface area contributed by atoms with Crippen molar-refractivity contribution in [3.8, 4) is 0 Å². The Morgan fingerprint density at radius 2 is 2.08 bits per heavy atom. The molecule has 0 aliphatic carbocycles. The summed E-state index contributed by atoms with van der Waals surface area (Å²) < 4.78 is 26.1. The molecule has 0 aliphatic rings. The maximum absolute atomic E-state index is 10.9. The molecule has 5 heteroatoms. The molecule has 0 amide bonds. The molecule has 0 aromatic rings. The minimum absolute atomic E-state index is 0.0197. The van der Waals surface area contributed by atoms with Crippen molar-refractivity contribution in [1.82, 2.24) is 0 Å². The van der Waals surface area contributed by atoms with Crippen LogP contribution in [-0.4, -0.2) is 20.1 Å². The first kappa shape index (κ1) is 11.9. The number of carbonyl (C=O) groups is 1. The van der Waals surface area contributed by atoms with Crippen molar-refractivity contribution in [3.63, 3.8) is 0 Å². The molecule has 0 bridgehead atoms. The highest BCUT2D eigenvalue weighted by Gasteiger charge is 2.03. The van der Waals surface area contributed by atoms with E-state index in [2.05, 4.69) is 11.3 Å². The summed E-state index contributed by atoms with van der Waals surface area (Å²) >= 11 is 0. The second-order valence-electron chi connectivity index (χ2n) is 2.41. The Labute approximate surface area is 77.8 Å². The van der Waals surface area contributed by atoms with E-state index >= 15 is 0 Å². The Bertz CT molecular complexity index is 324. The van der Waals surface area contributed by atoms with Crippen LogP contribution in [0.4, 0.5) is 0 Å². The quantitative estimate of drug-likeness (QED) is 0.389. The first-order chi connectivity index (χ1) is 5.89. The van der Waals surface area contributed by atoms with E-state index in [9.17, 15) is 13.2 Å². The topological polar surface area (TPSA) is 60.4 Å². The molecule has 0 saturated heterocycles. The van der Waals surface area contributed by atoms with Gasteiger partial charge in [-0.1, -0.05) is 13.5 Å². The number of ether oxygens (including phenoxy) is 1. The van der Waals surface area contributed by atoms with Crippen molar-refractivity contribution >= 4 is 15.8 Å². The number of carbonyl (C=O) groups excluding carboxylic acids is 1. The lowest BCUT2D eigenvalue weighted by Gasteiger charge is -1.96. The summed E-state index contributed by atoms with van der Waals surface area (Å²) in [6, 6.07) is 0. The van der Waals surface area contributed by atoms with Gasteiger partial charge < -0.3 is 4.74 Å². The summed E-state index contributed by atoms with van der Waals surface area (Å²) in [7, 11) is -3.23. The van der Waals surface area contributed by atoms with E-state index < -0.39 is 15.8 Å². The van der Waals surface area contributed by atoms with Gasteiger partial charge in [0.2, 0.25) is 0 Å². The van der Waals surface area contributed by atoms with Crippen molar-refractivity contribution in [2.45, 2.75) is 13.8 Å². The van der Waals surface area contributed by atoms with Gasteiger partial charge in [0.05, 0.1) is 11.2 Å². The van der Waals surface area contributed by atoms with Crippen molar-refractivity contribution < 1.29 is 17.9 Å². The predicted octanol–water partition coefficient (Wildman–Crippen LogP) is 1.01. The van der Waals surface area contributed by atoms with Crippen LogP contribution < -0.4 is 0 Å². The van der Waals surface area contributed by atoms with Crippen LogP contribution in [0, 0.1) is 0 Å². The highest BCUT2D eigenvalue weighted by atomic mass is 32.2. The molecule has 0 heterocycles. The van der Waals surface area contributed by atoms with E-state index in [4.69, 9.17) is 0 Å². The van der Waals surface area contributed by atoms with Crippen LogP contribution in [0.25, 0.3) is 0 Å². The van der Waals surface area contributed by atoms with Gasteiger partial charge in [-0.05, 0) is 6.92 Å². The lowest BCUT2D eigenvalue weighted by atomic mass is 10.4. The van der Waals surface area contributed by atoms with E-state index in [1.807, 2.05) is 0 Å². The fourth-order valence-corrected chi connectivity index (χ4v) is 0.788. The third-order valence-corrected chi connectivity index (χ3v) is 2.52. The Kier molecular flexibility index (Phi) is 4.40. The van der Waals surface area contributed by atoms with E-state index in [0.717, 1.165) is 11.7 Å². The van der Waals surface area contributed by atoms with Gasteiger partial charge in [0, 0.05) is 5.57 Å². The Balaban J connectivity index is 4.19. The molecule has 0 unspecified atom stereocenters. The number of sulfone groups is 1. The van der Waals surface area contributed by atoms with Crippen LogP contribution in [0.15, 0.2) is 23.8 Å². The molecular weight excluding hydrogens is 192 g/mol. The first-order valence-electron chi connectivity index (χ1n) is 3.65. The molecule has 0 aromatic carbocycles. The van der Waals surface area contributed by atoms with Crippen molar-refractivity contribution in [3.05, 3.63) is 23.8 Å². The zero-order valence-corrected chi connectivity index (χ0v) is 8.43. The fourth-order valence-electron chi connectivity index (χ4n) is 0.371. The minimum Gasteiger partial charge on any atom is -0.430 e. The molecule has 0 aromatic heterocycles. The van der Waals surface area contributed by atoms with Gasteiger partial charge >= 0.3 is 5.97 Å². The molecular formula is C8H12O4S. The van der Waals surface area contributed by atoms with Crippen LogP contribution in [0.2, 0.25) is 0 Å². The maximum atomic E-state index is 10.9. The Morgan fingerprint density at radius 3 is 2.46 bits per heavy atom. The van der Waals surface area contributed by atoms with Gasteiger partial charge in [-0.15, -0.1) is 0 Å². The van der Waals surface area contributed by atoms with E-state index in [1.165, 1.54) is 13.8 Å². The third-order valence-electron chi connectivity index (χ3n) is 1.19. The predicted molar refractivity (Wildman–Crippen MR) is 49.5 cm³/mol. The van der Waals surface area contributed by atoms with Crippen molar-refractivity contribution in [2.24, 2.45) is 0 Å². The summed E-state index contributed by atoms with van der Waals surface area (Å²) in [6.07, 6.45) is 0.857. The molecule has 0 radical (unpaired) electrons. The van der Waals surface area contributed by atoms with Crippen LogP contribution in [0.3, 0.4) is 0 Å². The molecule has 0 saturated carbocycles. The van der Waals surface area contributed by atoms with Crippen molar-refractivity contribution in [1.29, 1.82) is 0 Å². The van der Waals surface area contributed by atoms with Gasteiger partial charge in [-0.2, -0.15) is 0 Å². The zero-order valence-electron chi connectivity index (χ0n) is 7.61. The van der Waals surface area contributed by atoms with Crippen LogP contribution >= 0.6 is 0 Å². The molecule has 0 N–H and O–H groups in total. The Morgan fingerprint density at radius 1 is 1.54 bits per heavy atom. The number of hydrogen-bond acceptors (Lipinski definition) is 4. The average molecular weight is 204 g/mol. The molecule has 0 spiro atoms. The summed E-state index contributed by atoms with van der Waals surface area (Å²) in [4.78, 5) is 10.7. The smallest absolute Gasteiger partial charge is 0.337 e. The monoisotopic (exact) mass is 204 g/mol. The van der Waals surface area contributed by atoms with Crippen LogP contribution in [0.5, 0.6) is 0 Å². The summed E-state index contributed by atoms with van der Waals surface area (Å²) in [6.45, 7) is 6.31. The Hall–Kier alpha value is -1.10. The van der Waals surface area contributed by atoms with E-state index in [0.29, 0.717) is 0 Å². The number of hydrogen-bond donors (Lipinski definition) is 0. The fraction of sp³-hybridized carbons (Fsp3) is 0.375. The lowest BCUT2D eigenvalue weighted by Crippen LogP contribution is -2.02. The minimum atomic E-state index is -3.23. The molecule has 0 aliphatic heterocycles. The molecule has 0 rings (SSSR count). The molecule has 0 fully saturated rings. The van der Waals surface area contributed by atoms with Crippen LogP contribution in [-0.2, 0) is 19.4 Å². The van der Waals surface area contributed by atoms with Gasteiger partial charge in [-0.25, -0.2) is 13.2 Å². The number of esters is 1. The molecule has 74 valence electrons. The first-order valence-corrected chi connectivity index (χ1v) is 5.36.